The average Bonchev–Trinajstić information content (AvgIpc) is 2.88. The monoisotopic (exact) mass is 353 g/mol. The van der Waals surface area contributed by atoms with Gasteiger partial charge >= 0.3 is 0 Å². The van der Waals surface area contributed by atoms with Gasteiger partial charge in [0.15, 0.2) is 0 Å². The third-order valence-electron chi connectivity index (χ3n) is 3.50. The lowest BCUT2D eigenvalue weighted by Gasteiger charge is -2.10. The Bertz CT molecular complexity index is 640. The Hall–Kier alpha value is -1.10. The molecule has 1 aromatic heterocycles. The number of methoxy groups -OCH3 is 1. The molecule has 0 aliphatic heterocycles. The fourth-order valence-corrected chi connectivity index (χ4v) is 3.43. The number of rotatable bonds is 8. The van der Waals surface area contributed by atoms with Crippen molar-refractivity contribution in [2.45, 2.75) is 33.6 Å². The van der Waals surface area contributed by atoms with Crippen molar-refractivity contribution in [1.82, 2.24) is 4.98 Å². The third-order valence-corrected chi connectivity index (χ3v) is 4.85. The Labute approximate surface area is 147 Å². The van der Waals surface area contributed by atoms with Crippen LogP contribution in [0.1, 0.15) is 30.2 Å². The van der Waals surface area contributed by atoms with E-state index in [1.807, 2.05) is 18.2 Å². The summed E-state index contributed by atoms with van der Waals surface area (Å²) in [5, 5.41) is 1.70. The average molecular weight is 354 g/mol. The standard InChI is InChI=1S/C18H24ClNO2S/c1-12(2)5-8-17-18(20-13(3)23-17)14-6-7-15(19)16(11-14)22-10-9-21-4/h6-7,11-12H,5,8-10H2,1-4H3. The fourth-order valence-electron chi connectivity index (χ4n) is 2.28. The van der Waals surface area contributed by atoms with Crippen LogP contribution in [0.15, 0.2) is 18.2 Å². The Balaban J connectivity index is 2.25. The second-order valence-corrected chi connectivity index (χ2v) is 7.62. The lowest BCUT2D eigenvalue weighted by atomic mass is 10.0. The molecule has 3 nitrogen and oxygen atoms in total. The van der Waals surface area contributed by atoms with Crippen LogP contribution >= 0.6 is 22.9 Å². The van der Waals surface area contributed by atoms with E-state index in [1.54, 1.807) is 18.4 Å². The molecule has 23 heavy (non-hydrogen) atoms. The Morgan fingerprint density at radius 1 is 1.26 bits per heavy atom. The topological polar surface area (TPSA) is 31.4 Å². The van der Waals surface area contributed by atoms with Gasteiger partial charge in [-0.25, -0.2) is 4.98 Å². The summed E-state index contributed by atoms with van der Waals surface area (Å²) in [5.41, 5.74) is 2.12. The van der Waals surface area contributed by atoms with Crippen LogP contribution in [0, 0.1) is 12.8 Å². The maximum Gasteiger partial charge on any atom is 0.138 e. The molecule has 5 heteroatoms. The number of benzene rings is 1. The molecule has 2 aromatic rings. The Morgan fingerprint density at radius 3 is 2.74 bits per heavy atom. The summed E-state index contributed by atoms with van der Waals surface area (Å²) in [4.78, 5) is 6.06. The van der Waals surface area contributed by atoms with Crippen molar-refractivity contribution < 1.29 is 9.47 Å². The van der Waals surface area contributed by atoms with Crippen molar-refractivity contribution in [3.05, 3.63) is 33.1 Å². The van der Waals surface area contributed by atoms with Crippen LogP contribution < -0.4 is 4.74 Å². The van der Waals surface area contributed by atoms with E-state index >= 15 is 0 Å². The zero-order valence-corrected chi connectivity index (χ0v) is 15.8. The highest BCUT2D eigenvalue weighted by molar-refractivity contribution is 7.12. The minimum absolute atomic E-state index is 0.482. The lowest BCUT2D eigenvalue weighted by molar-refractivity contribution is 0.146. The van der Waals surface area contributed by atoms with Crippen LogP contribution in [0.4, 0.5) is 0 Å². The lowest BCUT2D eigenvalue weighted by Crippen LogP contribution is -2.04. The molecule has 1 heterocycles. The zero-order chi connectivity index (χ0) is 16.8. The second-order valence-electron chi connectivity index (χ2n) is 5.92. The molecule has 1 aromatic carbocycles. The molecule has 2 rings (SSSR count). The number of hydrogen-bond acceptors (Lipinski definition) is 4. The van der Waals surface area contributed by atoms with Crippen molar-refractivity contribution in [2.75, 3.05) is 20.3 Å². The number of nitrogens with zero attached hydrogens (tertiary/aromatic N) is 1. The van der Waals surface area contributed by atoms with E-state index in [-0.39, 0.29) is 0 Å². The first kappa shape index (κ1) is 18.2. The van der Waals surface area contributed by atoms with Crippen molar-refractivity contribution in [2.24, 2.45) is 5.92 Å². The minimum atomic E-state index is 0.482. The normalized spacial score (nSPS) is 11.2. The van der Waals surface area contributed by atoms with Crippen LogP contribution in [0.2, 0.25) is 5.02 Å². The van der Waals surface area contributed by atoms with Crippen molar-refractivity contribution in [3.8, 4) is 17.0 Å². The summed E-state index contributed by atoms with van der Waals surface area (Å²) in [5.74, 6) is 1.37. The second kappa shape index (κ2) is 8.67. The van der Waals surface area contributed by atoms with Gasteiger partial charge in [-0.15, -0.1) is 11.3 Å². The van der Waals surface area contributed by atoms with E-state index in [9.17, 15) is 0 Å². The van der Waals surface area contributed by atoms with Crippen LogP contribution in [0.5, 0.6) is 5.75 Å². The molecule has 0 atom stereocenters. The van der Waals surface area contributed by atoms with Crippen molar-refractivity contribution >= 4 is 22.9 Å². The highest BCUT2D eigenvalue weighted by Gasteiger charge is 2.14. The number of ether oxygens (including phenoxy) is 2. The summed E-state index contributed by atoms with van der Waals surface area (Å²) >= 11 is 8.00. The van der Waals surface area contributed by atoms with E-state index in [1.165, 1.54) is 11.3 Å². The van der Waals surface area contributed by atoms with Crippen molar-refractivity contribution in [3.63, 3.8) is 0 Å². The summed E-state index contributed by atoms with van der Waals surface area (Å²) in [6.07, 6.45) is 2.22. The molecular formula is C18H24ClNO2S. The molecule has 0 radical (unpaired) electrons. The molecular weight excluding hydrogens is 330 g/mol. The molecule has 0 aliphatic rings. The number of aromatic nitrogens is 1. The Kier molecular flexibility index (Phi) is 6.88. The molecule has 0 bridgehead atoms. The van der Waals surface area contributed by atoms with Gasteiger partial charge in [-0.2, -0.15) is 0 Å². The first-order chi connectivity index (χ1) is 11.0. The fraction of sp³-hybridized carbons (Fsp3) is 0.500. The molecule has 0 aliphatic carbocycles. The van der Waals surface area contributed by atoms with E-state index in [2.05, 4.69) is 20.8 Å². The van der Waals surface area contributed by atoms with E-state index < -0.39 is 0 Å². The van der Waals surface area contributed by atoms with Gasteiger partial charge in [0.2, 0.25) is 0 Å². The van der Waals surface area contributed by atoms with Gasteiger partial charge < -0.3 is 9.47 Å². The van der Waals surface area contributed by atoms with E-state index in [0.717, 1.165) is 22.7 Å². The first-order valence-electron chi connectivity index (χ1n) is 7.89. The molecule has 0 saturated heterocycles. The van der Waals surface area contributed by atoms with Gasteiger partial charge in [-0.1, -0.05) is 31.5 Å². The van der Waals surface area contributed by atoms with Gasteiger partial charge in [0.25, 0.3) is 0 Å². The van der Waals surface area contributed by atoms with Gasteiger partial charge in [0.1, 0.15) is 12.4 Å². The molecule has 126 valence electrons. The molecule has 0 N–H and O–H groups in total. The summed E-state index contributed by atoms with van der Waals surface area (Å²) in [6.45, 7) is 7.57. The van der Waals surface area contributed by atoms with Gasteiger partial charge in [0.05, 0.1) is 22.3 Å². The quantitative estimate of drug-likeness (QED) is 0.596. The van der Waals surface area contributed by atoms with Crippen molar-refractivity contribution in [1.29, 1.82) is 0 Å². The van der Waals surface area contributed by atoms with Gasteiger partial charge in [0, 0.05) is 17.6 Å². The van der Waals surface area contributed by atoms with E-state index in [0.29, 0.717) is 29.9 Å². The molecule has 0 saturated carbocycles. The highest BCUT2D eigenvalue weighted by Crippen LogP contribution is 2.34. The summed E-state index contributed by atoms with van der Waals surface area (Å²) in [6, 6.07) is 5.87. The summed E-state index contributed by atoms with van der Waals surface area (Å²) in [7, 11) is 1.65. The van der Waals surface area contributed by atoms with Gasteiger partial charge in [-0.3, -0.25) is 0 Å². The van der Waals surface area contributed by atoms with Crippen LogP contribution in [0.3, 0.4) is 0 Å². The maximum absolute atomic E-state index is 6.23. The third kappa shape index (κ3) is 5.20. The molecule has 0 unspecified atom stereocenters. The molecule has 0 fully saturated rings. The predicted molar refractivity (Wildman–Crippen MR) is 97.8 cm³/mol. The maximum atomic E-state index is 6.23. The first-order valence-corrected chi connectivity index (χ1v) is 9.08. The number of aryl methyl sites for hydroxylation is 2. The number of hydrogen-bond donors (Lipinski definition) is 0. The highest BCUT2D eigenvalue weighted by atomic mass is 35.5. The smallest absolute Gasteiger partial charge is 0.138 e. The molecule has 0 amide bonds. The Morgan fingerprint density at radius 2 is 2.04 bits per heavy atom. The van der Waals surface area contributed by atoms with E-state index in [4.69, 9.17) is 26.1 Å². The minimum Gasteiger partial charge on any atom is -0.490 e. The molecule has 0 spiro atoms. The van der Waals surface area contributed by atoms with Crippen LogP contribution in [0.25, 0.3) is 11.3 Å². The van der Waals surface area contributed by atoms with Crippen LogP contribution in [-0.2, 0) is 11.2 Å². The SMILES string of the molecule is COCCOc1cc(-c2nc(C)sc2CCC(C)C)ccc1Cl. The number of thiazole rings is 1. The number of halogens is 1. The largest absolute Gasteiger partial charge is 0.490 e. The van der Waals surface area contributed by atoms with Gasteiger partial charge in [-0.05, 0) is 37.8 Å². The zero-order valence-electron chi connectivity index (χ0n) is 14.2. The summed E-state index contributed by atoms with van der Waals surface area (Å²) < 4.78 is 10.7. The predicted octanol–water partition coefficient (Wildman–Crippen LogP) is 5.39. The van der Waals surface area contributed by atoms with Crippen LogP contribution in [-0.4, -0.2) is 25.3 Å².